The van der Waals surface area contributed by atoms with Crippen molar-refractivity contribution < 1.29 is 4.42 Å². The first-order valence-electron chi connectivity index (χ1n) is 7.90. The molecular weight excluding hydrogens is 316 g/mol. The third-order valence-corrected chi connectivity index (χ3v) is 4.85. The predicted octanol–water partition coefficient (Wildman–Crippen LogP) is 7.06. The molecule has 0 bridgehead atoms. The van der Waals surface area contributed by atoms with Gasteiger partial charge in [-0.1, -0.05) is 66.2 Å². The molecule has 1 heterocycles. The van der Waals surface area contributed by atoms with Crippen LogP contribution in [0.4, 0.5) is 0 Å². The van der Waals surface area contributed by atoms with Crippen molar-refractivity contribution in [1.82, 2.24) is 0 Å². The molecule has 1 aromatic heterocycles. The maximum absolute atomic E-state index is 6.47. The topological polar surface area (TPSA) is 13.1 Å². The third-order valence-electron chi connectivity index (χ3n) is 4.54. The lowest BCUT2D eigenvalue weighted by molar-refractivity contribution is 0.670. The number of hydrogen-bond donors (Lipinski definition) is 0. The van der Waals surface area contributed by atoms with E-state index in [1.165, 1.54) is 10.8 Å². The summed E-state index contributed by atoms with van der Waals surface area (Å²) in [6.07, 6.45) is 0. The molecule has 0 amide bonds. The van der Waals surface area contributed by atoms with Crippen LogP contribution in [-0.4, -0.2) is 0 Å². The predicted molar refractivity (Wildman–Crippen MR) is 102 cm³/mol. The summed E-state index contributed by atoms with van der Waals surface area (Å²) < 4.78 is 6.15. The van der Waals surface area contributed by atoms with Crippen LogP contribution in [0.5, 0.6) is 0 Å². The first-order valence-corrected chi connectivity index (χ1v) is 8.28. The number of rotatable bonds is 1. The van der Waals surface area contributed by atoms with Crippen LogP contribution in [0.2, 0.25) is 5.02 Å². The molecule has 0 saturated carbocycles. The Bertz CT molecular complexity index is 1220. The highest BCUT2D eigenvalue weighted by Gasteiger charge is 2.15. The highest BCUT2D eigenvalue weighted by atomic mass is 35.5. The van der Waals surface area contributed by atoms with Gasteiger partial charge in [-0.25, -0.2) is 0 Å². The van der Waals surface area contributed by atoms with Crippen molar-refractivity contribution >= 4 is 44.3 Å². The molecular formula is C22H13ClO. The van der Waals surface area contributed by atoms with Crippen LogP contribution in [-0.2, 0) is 0 Å². The van der Waals surface area contributed by atoms with Gasteiger partial charge >= 0.3 is 0 Å². The summed E-state index contributed by atoms with van der Waals surface area (Å²) in [7, 11) is 0. The molecule has 0 aliphatic rings. The van der Waals surface area contributed by atoms with Crippen LogP contribution in [0.1, 0.15) is 0 Å². The fraction of sp³-hybridized carbons (Fsp3) is 0. The molecule has 0 radical (unpaired) electrons. The molecule has 0 atom stereocenters. The first-order chi connectivity index (χ1) is 11.8. The molecule has 0 saturated heterocycles. The standard InChI is InChI=1S/C22H13ClO/c23-19-12-11-17(16-10-9-14-5-1-2-6-15(14)13-16)22-21(19)18-7-3-4-8-20(18)24-22/h1-13H. The minimum atomic E-state index is 0.722. The van der Waals surface area contributed by atoms with Gasteiger partial charge in [0.1, 0.15) is 11.2 Å². The van der Waals surface area contributed by atoms with E-state index in [0.717, 1.165) is 38.1 Å². The van der Waals surface area contributed by atoms with Gasteiger partial charge in [0, 0.05) is 16.3 Å². The summed E-state index contributed by atoms with van der Waals surface area (Å²) in [6, 6.07) is 26.9. The Morgan fingerprint density at radius 3 is 2.42 bits per heavy atom. The molecule has 114 valence electrons. The van der Waals surface area contributed by atoms with Gasteiger partial charge in [-0.05, 0) is 40.6 Å². The minimum absolute atomic E-state index is 0.722. The van der Waals surface area contributed by atoms with E-state index < -0.39 is 0 Å². The smallest absolute Gasteiger partial charge is 0.144 e. The SMILES string of the molecule is Clc1ccc(-c2ccc3ccccc3c2)c2oc3ccccc3c12. The Balaban J connectivity index is 1.87. The van der Waals surface area contributed by atoms with Gasteiger partial charge in [0.05, 0.1) is 5.02 Å². The monoisotopic (exact) mass is 328 g/mol. The molecule has 0 fully saturated rings. The van der Waals surface area contributed by atoms with Crippen molar-refractivity contribution in [1.29, 1.82) is 0 Å². The van der Waals surface area contributed by atoms with Crippen molar-refractivity contribution in [3.8, 4) is 11.1 Å². The molecule has 24 heavy (non-hydrogen) atoms. The zero-order valence-corrected chi connectivity index (χ0v) is 13.5. The maximum atomic E-state index is 6.47. The van der Waals surface area contributed by atoms with E-state index in [1.807, 2.05) is 30.3 Å². The lowest BCUT2D eigenvalue weighted by Gasteiger charge is -2.06. The van der Waals surface area contributed by atoms with Crippen LogP contribution >= 0.6 is 11.6 Å². The zero-order chi connectivity index (χ0) is 16.1. The van der Waals surface area contributed by atoms with Crippen molar-refractivity contribution in [2.24, 2.45) is 0 Å². The van der Waals surface area contributed by atoms with Crippen LogP contribution in [0.25, 0.3) is 43.8 Å². The van der Waals surface area contributed by atoms with E-state index >= 15 is 0 Å². The third kappa shape index (κ3) is 1.95. The van der Waals surface area contributed by atoms with E-state index in [-0.39, 0.29) is 0 Å². The van der Waals surface area contributed by atoms with Crippen molar-refractivity contribution in [2.45, 2.75) is 0 Å². The number of para-hydroxylation sites is 1. The zero-order valence-electron chi connectivity index (χ0n) is 12.8. The van der Waals surface area contributed by atoms with E-state index in [0.29, 0.717) is 0 Å². The lowest BCUT2D eigenvalue weighted by atomic mass is 9.99. The van der Waals surface area contributed by atoms with Crippen molar-refractivity contribution in [2.75, 3.05) is 0 Å². The highest BCUT2D eigenvalue weighted by Crippen LogP contribution is 2.40. The van der Waals surface area contributed by atoms with E-state index in [1.54, 1.807) is 0 Å². The molecule has 1 nitrogen and oxygen atoms in total. The molecule has 0 N–H and O–H groups in total. The molecule has 0 aliphatic carbocycles. The summed E-state index contributed by atoms with van der Waals surface area (Å²) in [4.78, 5) is 0. The normalized spacial score (nSPS) is 11.5. The second-order valence-electron chi connectivity index (χ2n) is 5.96. The Morgan fingerprint density at radius 1 is 0.708 bits per heavy atom. The average Bonchev–Trinajstić information content (AvgIpc) is 3.02. The van der Waals surface area contributed by atoms with Gasteiger partial charge in [0.2, 0.25) is 0 Å². The molecule has 0 spiro atoms. The van der Waals surface area contributed by atoms with Gasteiger partial charge in [-0.2, -0.15) is 0 Å². The second-order valence-corrected chi connectivity index (χ2v) is 6.37. The highest BCUT2D eigenvalue weighted by molar-refractivity contribution is 6.38. The quantitative estimate of drug-likeness (QED) is 0.321. The largest absolute Gasteiger partial charge is 0.455 e. The molecule has 2 heteroatoms. The van der Waals surface area contributed by atoms with E-state index in [4.69, 9.17) is 16.0 Å². The van der Waals surface area contributed by atoms with Crippen molar-refractivity contribution in [3.05, 3.63) is 83.9 Å². The molecule has 0 aliphatic heterocycles. The van der Waals surface area contributed by atoms with Crippen LogP contribution in [0.15, 0.2) is 83.3 Å². The summed E-state index contributed by atoms with van der Waals surface area (Å²) in [5.74, 6) is 0. The van der Waals surface area contributed by atoms with Crippen LogP contribution in [0.3, 0.4) is 0 Å². The summed E-state index contributed by atoms with van der Waals surface area (Å²) >= 11 is 6.47. The fourth-order valence-corrected chi connectivity index (χ4v) is 3.62. The number of benzene rings is 4. The average molecular weight is 329 g/mol. The maximum Gasteiger partial charge on any atom is 0.144 e. The van der Waals surface area contributed by atoms with Crippen LogP contribution < -0.4 is 0 Å². The number of hydrogen-bond acceptors (Lipinski definition) is 1. The van der Waals surface area contributed by atoms with Gasteiger partial charge in [-0.3, -0.25) is 0 Å². The number of furan rings is 1. The molecule has 5 aromatic rings. The molecule has 0 unspecified atom stereocenters. The fourth-order valence-electron chi connectivity index (χ4n) is 3.37. The Kier molecular flexibility index (Phi) is 2.91. The number of halogens is 1. The lowest BCUT2D eigenvalue weighted by Crippen LogP contribution is -1.81. The summed E-state index contributed by atoms with van der Waals surface area (Å²) in [5, 5.41) is 5.21. The Labute approximate surface area is 144 Å². The van der Waals surface area contributed by atoms with Gasteiger partial charge in [0.15, 0.2) is 0 Å². The Morgan fingerprint density at radius 2 is 1.50 bits per heavy atom. The first kappa shape index (κ1) is 13.6. The Hall–Kier alpha value is -2.77. The van der Waals surface area contributed by atoms with Crippen molar-refractivity contribution in [3.63, 3.8) is 0 Å². The molecule has 4 aromatic carbocycles. The van der Waals surface area contributed by atoms with Gasteiger partial charge in [-0.15, -0.1) is 0 Å². The summed E-state index contributed by atoms with van der Waals surface area (Å²) in [5.41, 5.74) is 3.91. The molecule has 5 rings (SSSR count). The van der Waals surface area contributed by atoms with E-state index in [2.05, 4.69) is 48.5 Å². The second kappa shape index (κ2) is 5.12. The van der Waals surface area contributed by atoms with Crippen LogP contribution in [0, 0.1) is 0 Å². The summed E-state index contributed by atoms with van der Waals surface area (Å²) in [6.45, 7) is 0. The minimum Gasteiger partial charge on any atom is -0.455 e. The van der Waals surface area contributed by atoms with Gasteiger partial charge in [0.25, 0.3) is 0 Å². The number of fused-ring (bicyclic) bond motifs is 4. The van der Waals surface area contributed by atoms with E-state index in [9.17, 15) is 0 Å². The van der Waals surface area contributed by atoms with Gasteiger partial charge < -0.3 is 4.42 Å².